The van der Waals surface area contributed by atoms with Gasteiger partial charge in [0.25, 0.3) is 0 Å². The van der Waals surface area contributed by atoms with E-state index in [1.54, 1.807) is 30.0 Å². The van der Waals surface area contributed by atoms with Crippen LogP contribution in [-0.4, -0.2) is 28.8 Å². The van der Waals surface area contributed by atoms with Crippen molar-refractivity contribution in [1.82, 2.24) is 10.2 Å². The van der Waals surface area contributed by atoms with E-state index in [1.165, 1.54) is 0 Å². The van der Waals surface area contributed by atoms with E-state index in [2.05, 4.69) is 5.32 Å². The van der Waals surface area contributed by atoms with Crippen LogP contribution < -0.4 is 5.32 Å². The first-order valence-corrected chi connectivity index (χ1v) is 10.6. The Hall–Kier alpha value is -2.04. The zero-order chi connectivity index (χ0) is 21.6. The maximum atomic E-state index is 13.2. The number of rotatable bonds is 8. The molecule has 29 heavy (non-hydrogen) atoms. The molecular formula is C23H28Cl2N2O2. The maximum Gasteiger partial charge on any atom is 0.242 e. The normalized spacial score (nSPS) is 12.9. The second-order valence-electron chi connectivity index (χ2n) is 7.43. The van der Waals surface area contributed by atoms with Gasteiger partial charge in [-0.3, -0.25) is 9.59 Å². The number of benzene rings is 2. The highest BCUT2D eigenvalue weighted by Crippen LogP contribution is 2.23. The summed E-state index contributed by atoms with van der Waals surface area (Å²) < 4.78 is 0. The molecule has 0 aromatic heterocycles. The van der Waals surface area contributed by atoms with Crippen LogP contribution in [0.5, 0.6) is 0 Å². The van der Waals surface area contributed by atoms with Crippen LogP contribution in [0.3, 0.4) is 0 Å². The van der Waals surface area contributed by atoms with E-state index in [0.717, 1.165) is 23.1 Å². The number of nitrogens with zero attached hydrogens (tertiary/aromatic N) is 1. The first-order valence-electron chi connectivity index (χ1n) is 9.80. The molecule has 2 amide bonds. The Morgan fingerprint density at radius 1 is 1.00 bits per heavy atom. The zero-order valence-corrected chi connectivity index (χ0v) is 18.8. The molecule has 0 bridgehead atoms. The number of halogens is 2. The molecule has 1 N–H and O–H groups in total. The smallest absolute Gasteiger partial charge is 0.242 e. The number of carbonyl (C=O) groups is 2. The lowest BCUT2D eigenvalue weighted by atomic mass is 10.1. The summed E-state index contributed by atoms with van der Waals surface area (Å²) in [6.45, 7) is 8.09. The summed E-state index contributed by atoms with van der Waals surface area (Å²) >= 11 is 12.1. The van der Waals surface area contributed by atoms with Gasteiger partial charge in [-0.15, -0.1) is 0 Å². The van der Waals surface area contributed by atoms with Crippen molar-refractivity contribution in [3.63, 3.8) is 0 Å². The lowest BCUT2D eigenvalue weighted by Crippen LogP contribution is -2.49. The lowest BCUT2D eigenvalue weighted by Gasteiger charge is -2.30. The van der Waals surface area contributed by atoms with Crippen molar-refractivity contribution in [1.29, 1.82) is 0 Å². The van der Waals surface area contributed by atoms with E-state index in [4.69, 9.17) is 23.2 Å². The first kappa shape index (κ1) is 23.2. The topological polar surface area (TPSA) is 49.4 Å². The standard InChI is InChI=1S/C23H28Cl2N2O2/c1-5-16(3)26-23(29)17(4)27(14-18-8-6-15(2)7-9-18)22(28)13-19-10-11-20(24)21(25)12-19/h6-12,16-17H,5,13-14H2,1-4H3,(H,26,29)/t16-,17+/m0/s1. The Labute approximate surface area is 183 Å². The largest absolute Gasteiger partial charge is 0.352 e. The van der Waals surface area contributed by atoms with Crippen molar-refractivity contribution in [2.24, 2.45) is 0 Å². The van der Waals surface area contributed by atoms with E-state index in [0.29, 0.717) is 16.6 Å². The average molecular weight is 435 g/mol. The molecule has 4 nitrogen and oxygen atoms in total. The molecular weight excluding hydrogens is 407 g/mol. The summed E-state index contributed by atoms with van der Waals surface area (Å²) in [6.07, 6.45) is 0.970. The average Bonchev–Trinajstić information content (AvgIpc) is 2.69. The Balaban J connectivity index is 2.23. The molecule has 6 heteroatoms. The van der Waals surface area contributed by atoms with Crippen LogP contribution in [0.15, 0.2) is 42.5 Å². The first-order chi connectivity index (χ1) is 13.7. The highest BCUT2D eigenvalue weighted by molar-refractivity contribution is 6.42. The minimum atomic E-state index is -0.597. The van der Waals surface area contributed by atoms with Gasteiger partial charge in [-0.25, -0.2) is 0 Å². The fourth-order valence-corrected chi connectivity index (χ4v) is 3.18. The van der Waals surface area contributed by atoms with E-state index in [-0.39, 0.29) is 24.3 Å². The third-order valence-corrected chi connectivity index (χ3v) is 5.72. The molecule has 0 spiro atoms. The van der Waals surface area contributed by atoms with Gasteiger partial charge in [-0.2, -0.15) is 0 Å². The van der Waals surface area contributed by atoms with Crippen molar-refractivity contribution < 1.29 is 9.59 Å². The Morgan fingerprint density at radius 3 is 2.21 bits per heavy atom. The van der Waals surface area contributed by atoms with Crippen LogP contribution in [0.2, 0.25) is 10.0 Å². The lowest BCUT2D eigenvalue weighted by molar-refractivity contribution is -0.140. The van der Waals surface area contributed by atoms with E-state index < -0.39 is 6.04 Å². The van der Waals surface area contributed by atoms with Crippen molar-refractivity contribution in [2.45, 2.75) is 59.2 Å². The highest BCUT2D eigenvalue weighted by atomic mass is 35.5. The van der Waals surface area contributed by atoms with Gasteiger partial charge < -0.3 is 10.2 Å². The van der Waals surface area contributed by atoms with E-state index >= 15 is 0 Å². The minimum absolute atomic E-state index is 0.0522. The summed E-state index contributed by atoms with van der Waals surface area (Å²) in [5.41, 5.74) is 2.87. The third-order valence-electron chi connectivity index (χ3n) is 4.98. The van der Waals surface area contributed by atoms with Crippen LogP contribution in [0.1, 0.15) is 43.9 Å². The van der Waals surface area contributed by atoms with Gasteiger partial charge >= 0.3 is 0 Å². The number of carbonyl (C=O) groups excluding carboxylic acids is 2. The summed E-state index contributed by atoms with van der Waals surface area (Å²) in [4.78, 5) is 27.5. The van der Waals surface area contributed by atoms with Gasteiger partial charge in [0.1, 0.15) is 6.04 Å². The van der Waals surface area contributed by atoms with E-state index in [9.17, 15) is 9.59 Å². The fourth-order valence-electron chi connectivity index (χ4n) is 2.86. The summed E-state index contributed by atoms with van der Waals surface area (Å²) in [5, 5.41) is 3.82. The van der Waals surface area contributed by atoms with Gasteiger partial charge in [0.2, 0.25) is 11.8 Å². The fraction of sp³-hybridized carbons (Fsp3) is 0.391. The zero-order valence-electron chi connectivity index (χ0n) is 17.3. The Bertz CT molecular complexity index is 852. The Kier molecular flexibility index (Phi) is 8.54. The van der Waals surface area contributed by atoms with Gasteiger partial charge in [0, 0.05) is 12.6 Å². The molecule has 2 atom stereocenters. The summed E-state index contributed by atoms with van der Waals surface area (Å²) in [5.74, 6) is -0.301. The molecule has 0 unspecified atom stereocenters. The Morgan fingerprint density at radius 2 is 1.62 bits per heavy atom. The van der Waals surface area contributed by atoms with Crippen molar-refractivity contribution >= 4 is 35.0 Å². The molecule has 0 aliphatic heterocycles. The quantitative estimate of drug-likeness (QED) is 0.622. The minimum Gasteiger partial charge on any atom is -0.352 e. The molecule has 0 radical (unpaired) electrons. The van der Waals surface area contributed by atoms with Gasteiger partial charge in [-0.05, 0) is 50.5 Å². The van der Waals surface area contributed by atoms with Crippen molar-refractivity contribution in [3.05, 3.63) is 69.2 Å². The van der Waals surface area contributed by atoms with Gasteiger partial charge in [0.15, 0.2) is 0 Å². The molecule has 2 aromatic carbocycles. The number of hydrogen-bond donors (Lipinski definition) is 1. The molecule has 0 saturated carbocycles. The second kappa shape index (κ2) is 10.7. The van der Waals surface area contributed by atoms with Crippen LogP contribution in [0, 0.1) is 6.92 Å². The van der Waals surface area contributed by atoms with Crippen molar-refractivity contribution in [3.8, 4) is 0 Å². The molecule has 0 heterocycles. The van der Waals surface area contributed by atoms with Gasteiger partial charge in [-0.1, -0.05) is 66.0 Å². The summed E-state index contributed by atoms with van der Waals surface area (Å²) in [6, 6.07) is 12.6. The summed E-state index contributed by atoms with van der Waals surface area (Å²) in [7, 11) is 0. The highest BCUT2D eigenvalue weighted by Gasteiger charge is 2.27. The molecule has 156 valence electrons. The van der Waals surface area contributed by atoms with Crippen LogP contribution >= 0.6 is 23.2 Å². The number of nitrogens with one attached hydrogen (secondary N) is 1. The number of aryl methyl sites for hydroxylation is 1. The monoisotopic (exact) mass is 434 g/mol. The molecule has 0 saturated heterocycles. The SMILES string of the molecule is CC[C@H](C)NC(=O)[C@@H](C)N(Cc1ccc(C)cc1)C(=O)Cc1ccc(Cl)c(Cl)c1. The predicted octanol–water partition coefficient (Wildman–Crippen LogP) is 5.18. The predicted molar refractivity (Wildman–Crippen MR) is 119 cm³/mol. The van der Waals surface area contributed by atoms with Crippen molar-refractivity contribution in [2.75, 3.05) is 0 Å². The molecule has 0 aliphatic rings. The van der Waals surface area contributed by atoms with E-state index in [1.807, 2.05) is 45.0 Å². The van der Waals surface area contributed by atoms with Crippen LogP contribution in [0.4, 0.5) is 0 Å². The maximum absolute atomic E-state index is 13.2. The van der Waals surface area contributed by atoms with Gasteiger partial charge in [0.05, 0.1) is 16.5 Å². The number of hydrogen-bond acceptors (Lipinski definition) is 2. The molecule has 2 rings (SSSR count). The third kappa shape index (κ3) is 6.76. The molecule has 0 fully saturated rings. The molecule has 2 aromatic rings. The van der Waals surface area contributed by atoms with Crippen LogP contribution in [0.25, 0.3) is 0 Å². The molecule has 0 aliphatic carbocycles. The second-order valence-corrected chi connectivity index (χ2v) is 8.24. The van der Waals surface area contributed by atoms with Crippen LogP contribution in [-0.2, 0) is 22.6 Å². The number of amides is 2.